The lowest BCUT2D eigenvalue weighted by Gasteiger charge is -2.17. The summed E-state index contributed by atoms with van der Waals surface area (Å²) in [5.74, 6) is -1.71. The Bertz CT molecular complexity index is 641. The molecule has 10 heteroatoms. The van der Waals surface area contributed by atoms with Crippen LogP contribution in [-0.4, -0.2) is 54.0 Å². The van der Waals surface area contributed by atoms with E-state index in [0.717, 1.165) is 29.6 Å². The van der Waals surface area contributed by atoms with Gasteiger partial charge in [0.1, 0.15) is 4.90 Å². The van der Waals surface area contributed by atoms with Crippen LogP contribution in [0.15, 0.2) is 23.1 Å². The van der Waals surface area contributed by atoms with E-state index in [4.69, 9.17) is 10.2 Å². The van der Waals surface area contributed by atoms with Crippen molar-refractivity contribution in [3.05, 3.63) is 33.9 Å². The molecule has 0 amide bonds. The Morgan fingerprint density at radius 2 is 2.05 bits per heavy atom. The highest BCUT2D eigenvalue weighted by molar-refractivity contribution is 7.89. The molecule has 1 aromatic carbocycles. The van der Waals surface area contributed by atoms with E-state index in [2.05, 4.69) is 0 Å². The van der Waals surface area contributed by atoms with Crippen molar-refractivity contribution < 1.29 is 28.3 Å². The predicted octanol–water partition coefficient (Wildman–Crippen LogP) is -0.0942. The number of sulfonamides is 1. The summed E-state index contributed by atoms with van der Waals surface area (Å²) in [6.07, 6.45) is 0. The first-order valence-electron chi connectivity index (χ1n) is 5.31. The van der Waals surface area contributed by atoms with Crippen LogP contribution >= 0.6 is 0 Å². The van der Waals surface area contributed by atoms with Gasteiger partial charge in [0.2, 0.25) is 10.0 Å². The summed E-state index contributed by atoms with van der Waals surface area (Å²) in [4.78, 5) is 20.3. The van der Waals surface area contributed by atoms with Crippen molar-refractivity contribution in [2.24, 2.45) is 0 Å². The van der Waals surface area contributed by atoms with E-state index in [1.54, 1.807) is 0 Å². The molecule has 0 spiro atoms. The van der Waals surface area contributed by atoms with Gasteiger partial charge in [-0.1, -0.05) is 6.07 Å². The summed E-state index contributed by atoms with van der Waals surface area (Å²) in [6.45, 7) is -0.725. The smallest absolute Gasteiger partial charge is 0.344 e. The molecule has 0 aromatic heterocycles. The van der Waals surface area contributed by atoms with Crippen molar-refractivity contribution in [3.8, 4) is 0 Å². The SMILES string of the molecule is CN(CCO)S(=O)(=O)c1cccc([N+](=O)[O-])c1C(=O)O. The van der Waals surface area contributed by atoms with Crippen molar-refractivity contribution in [3.63, 3.8) is 0 Å². The molecule has 0 bridgehead atoms. The average Bonchev–Trinajstić information content (AvgIpc) is 2.37. The second-order valence-corrected chi connectivity index (χ2v) is 5.78. The Morgan fingerprint density at radius 3 is 2.50 bits per heavy atom. The molecule has 110 valence electrons. The summed E-state index contributed by atoms with van der Waals surface area (Å²) < 4.78 is 25.0. The molecule has 0 aliphatic carbocycles. The third-order valence-electron chi connectivity index (χ3n) is 2.52. The number of hydrogen-bond donors (Lipinski definition) is 2. The van der Waals surface area contributed by atoms with Gasteiger partial charge < -0.3 is 10.2 Å². The number of aromatic carboxylic acids is 1. The van der Waals surface area contributed by atoms with Gasteiger partial charge in [-0.05, 0) is 6.07 Å². The largest absolute Gasteiger partial charge is 0.477 e. The van der Waals surface area contributed by atoms with Crippen LogP contribution in [0.5, 0.6) is 0 Å². The molecule has 0 radical (unpaired) electrons. The molecule has 0 heterocycles. The van der Waals surface area contributed by atoms with E-state index >= 15 is 0 Å². The molecule has 0 saturated heterocycles. The lowest BCUT2D eigenvalue weighted by molar-refractivity contribution is -0.385. The molecule has 0 saturated carbocycles. The zero-order valence-corrected chi connectivity index (χ0v) is 11.2. The van der Waals surface area contributed by atoms with Crippen molar-refractivity contribution >= 4 is 21.7 Å². The number of likely N-dealkylation sites (N-methyl/N-ethyl adjacent to an activating group) is 1. The van der Waals surface area contributed by atoms with Gasteiger partial charge in [-0.25, -0.2) is 13.2 Å². The van der Waals surface area contributed by atoms with Crippen LogP contribution in [0.2, 0.25) is 0 Å². The number of benzene rings is 1. The van der Waals surface area contributed by atoms with Crippen LogP contribution < -0.4 is 0 Å². The fraction of sp³-hybridized carbons (Fsp3) is 0.300. The average molecular weight is 304 g/mol. The van der Waals surface area contributed by atoms with Crippen LogP contribution in [0.25, 0.3) is 0 Å². The van der Waals surface area contributed by atoms with Crippen molar-refractivity contribution in [1.29, 1.82) is 0 Å². The highest BCUT2D eigenvalue weighted by atomic mass is 32.2. The number of carbonyl (C=O) groups is 1. The Kier molecular flexibility index (Phi) is 4.76. The van der Waals surface area contributed by atoms with Crippen molar-refractivity contribution in [2.45, 2.75) is 4.90 Å². The molecule has 2 N–H and O–H groups in total. The molecule has 0 aliphatic heterocycles. The molecule has 0 fully saturated rings. The molecular weight excluding hydrogens is 292 g/mol. The number of aliphatic hydroxyl groups excluding tert-OH is 1. The van der Waals surface area contributed by atoms with Gasteiger partial charge in [0.05, 0.1) is 11.5 Å². The van der Waals surface area contributed by atoms with E-state index < -0.39 is 43.7 Å². The maximum absolute atomic E-state index is 12.2. The van der Waals surface area contributed by atoms with Crippen LogP contribution in [0.4, 0.5) is 5.69 Å². The molecule has 20 heavy (non-hydrogen) atoms. The molecular formula is C10H12N2O7S. The molecule has 9 nitrogen and oxygen atoms in total. The highest BCUT2D eigenvalue weighted by Crippen LogP contribution is 2.27. The maximum atomic E-state index is 12.2. The van der Waals surface area contributed by atoms with Gasteiger partial charge >= 0.3 is 5.97 Å². The van der Waals surface area contributed by atoms with E-state index in [1.165, 1.54) is 0 Å². The fourth-order valence-corrected chi connectivity index (χ4v) is 2.89. The number of nitro groups is 1. The van der Waals surface area contributed by atoms with E-state index in [9.17, 15) is 23.3 Å². The second-order valence-electron chi connectivity index (χ2n) is 3.76. The molecule has 1 rings (SSSR count). The highest BCUT2D eigenvalue weighted by Gasteiger charge is 2.32. The first-order valence-corrected chi connectivity index (χ1v) is 6.75. The predicted molar refractivity (Wildman–Crippen MR) is 67.0 cm³/mol. The van der Waals surface area contributed by atoms with E-state index in [0.29, 0.717) is 0 Å². The quantitative estimate of drug-likeness (QED) is 0.553. The first-order chi connectivity index (χ1) is 9.23. The number of carboxylic acids is 1. The summed E-state index contributed by atoms with van der Waals surface area (Å²) >= 11 is 0. The standard InChI is InChI=1S/C10H12N2O7S/c1-11(5-6-13)20(18,19)8-4-2-3-7(12(16)17)9(8)10(14)15/h2-4,13H,5-6H2,1H3,(H,14,15). The summed E-state index contributed by atoms with van der Waals surface area (Å²) in [7, 11) is -3.11. The Labute approximate surface area is 114 Å². The lowest BCUT2D eigenvalue weighted by Crippen LogP contribution is -2.31. The minimum absolute atomic E-state index is 0.260. The van der Waals surface area contributed by atoms with Crippen LogP contribution in [-0.2, 0) is 10.0 Å². The number of hydrogen-bond acceptors (Lipinski definition) is 6. The van der Waals surface area contributed by atoms with Gasteiger partial charge in [-0.3, -0.25) is 10.1 Å². The van der Waals surface area contributed by atoms with Crippen LogP contribution in [0.1, 0.15) is 10.4 Å². The monoisotopic (exact) mass is 304 g/mol. The summed E-state index contributed by atoms with van der Waals surface area (Å²) in [5.41, 5.74) is -1.71. The van der Waals surface area contributed by atoms with Crippen molar-refractivity contribution in [1.82, 2.24) is 4.31 Å². The van der Waals surface area contributed by atoms with Gasteiger partial charge in [0.25, 0.3) is 5.69 Å². The van der Waals surface area contributed by atoms with E-state index in [1.807, 2.05) is 0 Å². The minimum atomic E-state index is -4.24. The summed E-state index contributed by atoms with van der Waals surface area (Å²) in [5, 5.41) is 28.6. The number of carboxylic acid groups (broad SMARTS) is 1. The van der Waals surface area contributed by atoms with Crippen LogP contribution in [0.3, 0.4) is 0 Å². The molecule has 0 aliphatic rings. The third kappa shape index (κ3) is 2.92. The fourth-order valence-electron chi connectivity index (χ4n) is 1.53. The van der Waals surface area contributed by atoms with Gasteiger partial charge in [0.15, 0.2) is 5.56 Å². The Hall–Kier alpha value is -2.04. The van der Waals surface area contributed by atoms with Gasteiger partial charge in [0, 0.05) is 19.7 Å². The number of nitrogens with zero attached hydrogens (tertiary/aromatic N) is 2. The van der Waals surface area contributed by atoms with Crippen LogP contribution in [0, 0.1) is 10.1 Å². The Balaban J connectivity index is 3.57. The lowest BCUT2D eigenvalue weighted by atomic mass is 10.2. The number of rotatable bonds is 6. The van der Waals surface area contributed by atoms with Crippen molar-refractivity contribution in [2.75, 3.05) is 20.2 Å². The second kappa shape index (κ2) is 5.94. The zero-order chi connectivity index (χ0) is 15.5. The minimum Gasteiger partial charge on any atom is -0.477 e. The Morgan fingerprint density at radius 1 is 1.45 bits per heavy atom. The van der Waals surface area contributed by atoms with Gasteiger partial charge in [-0.2, -0.15) is 4.31 Å². The normalized spacial score (nSPS) is 11.6. The third-order valence-corrected chi connectivity index (χ3v) is 4.42. The van der Waals surface area contributed by atoms with E-state index in [-0.39, 0.29) is 6.54 Å². The number of nitro benzene ring substituents is 1. The molecule has 0 atom stereocenters. The maximum Gasteiger partial charge on any atom is 0.344 e. The first kappa shape index (κ1) is 16.0. The summed E-state index contributed by atoms with van der Waals surface area (Å²) in [6, 6.07) is 2.97. The molecule has 1 aromatic rings. The zero-order valence-electron chi connectivity index (χ0n) is 10.4. The topological polar surface area (TPSA) is 138 Å². The number of aliphatic hydroxyl groups is 1. The molecule has 0 unspecified atom stereocenters. The van der Waals surface area contributed by atoms with Gasteiger partial charge in [-0.15, -0.1) is 0 Å².